The van der Waals surface area contributed by atoms with Crippen LogP contribution in [-0.2, 0) is 22.8 Å². The summed E-state index contributed by atoms with van der Waals surface area (Å²) in [6.45, 7) is 5.12. The predicted molar refractivity (Wildman–Crippen MR) is 86.9 cm³/mol. The molecule has 0 saturated carbocycles. The van der Waals surface area contributed by atoms with Gasteiger partial charge < -0.3 is 9.47 Å². The van der Waals surface area contributed by atoms with E-state index in [4.69, 9.17) is 0 Å². The van der Waals surface area contributed by atoms with E-state index >= 15 is 0 Å². The summed E-state index contributed by atoms with van der Waals surface area (Å²) in [6.07, 6.45) is 6.09. The van der Waals surface area contributed by atoms with Gasteiger partial charge in [0.2, 0.25) is 0 Å². The van der Waals surface area contributed by atoms with Crippen LogP contribution < -0.4 is 4.90 Å². The van der Waals surface area contributed by atoms with Crippen LogP contribution in [0.3, 0.4) is 0 Å². The molecule has 0 bridgehead atoms. The Balaban J connectivity index is 1.59. The van der Waals surface area contributed by atoms with Gasteiger partial charge in [0, 0.05) is 56.3 Å². The van der Waals surface area contributed by atoms with Crippen molar-refractivity contribution in [1.29, 1.82) is 0 Å². The Bertz CT molecular complexity index is 744. The van der Waals surface area contributed by atoms with Gasteiger partial charge in [0.15, 0.2) is 9.84 Å². The van der Waals surface area contributed by atoms with Crippen molar-refractivity contribution in [3.63, 3.8) is 0 Å². The minimum absolute atomic E-state index is 0.374. The second kappa shape index (κ2) is 5.76. The molecule has 0 radical (unpaired) electrons. The molecule has 118 valence electrons. The minimum Gasteiger partial charge on any atom is -0.371 e. The SMILES string of the molecule is CCc1nccn1CC1CN(c2ccc(S(C)(=O)=O)cc2)C1. The van der Waals surface area contributed by atoms with E-state index in [1.165, 1.54) is 6.26 Å². The van der Waals surface area contributed by atoms with Gasteiger partial charge in [-0.1, -0.05) is 6.92 Å². The van der Waals surface area contributed by atoms with E-state index in [2.05, 4.69) is 21.4 Å². The largest absolute Gasteiger partial charge is 0.371 e. The first-order valence-corrected chi connectivity index (χ1v) is 9.41. The summed E-state index contributed by atoms with van der Waals surface area (Å²) in [5.74, 6) is 1.75. The normalized spacial score (nSPS) is 15.8. The number of anilines is 1. The van der Waals surface area contributed by atoms with Crippen molar-refractivity contribution >= 4 is 15.5 Å². The molecule has 0 amide bonds. The third kappa shape index (κ3) is 3.02. The highest BCUT2D eigenvalue weighted by Crippen LogP contribution is 2.27. The number of hydrogen-bond donors (Lipinski definition) is 0. The Morgan fingerprint density at radius 1 is 1.23 bits per heavy atom. The molecule has 1 aromatic carbocycles. The average Bonchev–Trinajstić information content (AvgIpc) is 2.89. The Labute approximate surface area is 131 Å². The third-order valence-electron chi connectivity index (χ3n) is 4.16. The summed E-state index contributed by atoms with van der Waals surface area (Å²) in [6, 6.07) is 7.15. The van der Waals surface area contributed by atoms with E-state index in [-0.39, 0.29) is 0 Å². The summed E-state index contributed by atoms with van der Waals surface area (Å²) < 4.78 is 25.2. The van der Waals surface area contributed by atoms with Crippen LogP contribution in [0.5, 0.6) is 0 Å². The zero-order valence-electron chi connectivity index (χ0n) is 12.9. The lowest BCUT2D eigenvalue weighted by molar-refractivity contribution is 0.353. The molecule has 1 aromatic heterocycles. The second-order valence-corrected chi connectivity index (χ2v) is 7.90. The van der Waals surface area contributed by atoms with Crippen LogP contribution in [0.15, 0.2) is 41.6 Å². The van der Waals surface area contributed by atoms with Crippen LogP contribution in [0.25, 0.3) is 0 Å². The van der Waals surface area contributed by atoms with E-state index in [1.807, 2.05) is 24.5 Å². The maximum absolute atomic E-state index is 11.5. The number of rotatable bonds is 5. The molecule has 6 heteroatoms. The van der Waals surface area contributed by atoms with Crippen LogP contribution >= 0.6 is 0 Å². The fourth-order valence-corrected chi connectivity index (χ4v) is 3.53. The summed E-state index contributed by atoms with van der Waals surface area (Å²) in [4.78, 5) is 7.00. The molecule has 0 atom stereocenters. The summed E-state index contributed by atoms with van der Waals surface area (Å²) >= 11 is 0. The summed E-state index contributed by atoms with van der Waals surface area (Å²) in [5, 5.41) is 0. The smallest absolute Gasteiger partial charge is 0.175 e. The van der Waals surface area contributed by atoms with Crippen molar-refractivity contribution < 1.29 is 8.42 Å². The van der Waals surface area contributed by atoms with Gasteiger partial charge in [0.05, 0.1) is 4.90 Å². The number of hydrogen-bond acceptors (Lipinski definition) is 4. The van der Waals surface area contributed by atoms with E-state index in [9.17, 15) is 8.42 Å². The van der Waals surface area contributed by atoms with Gasteiger partial charge in [-0.2, -0.15) is 0 Å². The molecular formula is C16H21N3O2S. The average molecular weight is 319 g/mol. The highest BCUT2D eigenvalue weighted by molar-refractivity contribution is 7.90. The molecule has 1 aliphatic heterocycles. The predicted octanol–water partition coefficient (Wildman–Crippen LogP) is 1.99. The van der Waals surface area contributed by atoms with Crippen molar-refractivity contribution in [1.82, 2.24) is 9.55 Å². The highest BCUT2D eigenvalue weighted by atomic mass is 32.2. The van der Waals surface area contributed by atoms with Gasteiger partial charge in [-0.3, -0.25) is 0 Å². The van der Waals surface area contributed by atoms with Gasteiger partial charge >= 0.3 is 0 Å². The Kier molecular flexibility index (Phi) is 3.95. The van der Waals surface area contributed by atoms with Crippen molar-refractivity contribution in [2.75, 3.05) is 24.2 Å². The summed E-state index contributed by atoms with van der Waals surface area (Å²) in [5.41, 5.74) is 1.09. The first kappa shape index (κ1) is 15.1. The Hall–Kier alpha value is -1.82. The third-order valence-corrected chi connectivity index (χ3v) is 5.29. The van der Waals surface area contributed by atoms with Crippen LogP contribution in [0.2, 0.25) is 0 Å². The number of imidazole rings is 1. The molecular weight excluding hydrogens is 298 g/mol. The van der Waals surface area contributed by atoms with Crippen molar-refractivity contribution in [2.45, 2.75) is 24.8 Å². The first-order valence-electron chi connectivity index (χ1n) is 7.52. The van der Waals surface area contributed by atoms with Gasteiger partial charge in [0.25, 0.3) is 0 Å². The number of sulfone groups is 1. The molecule has 3 rings (SSSR count). The Morgan fingerprint density at radius 2 is 1.91 bits per heavy atom. The molecule has 1 saturated heterocycles. The number of nitrogens with zero attached hydrogens (tertiary/aromatic N) is 3. The lowest BCUT2D eigenvalue weighted by Gasteiger charge is -2.41. The van der Waals surface area contributed by atoms with E-state index in [0.29, 0.717) is 10.8 Å². The zero-order chi connectivity index (χ0) is 15.7. The quantitative estimate of drug-likeness (QED) is 0.846. The monoisotopic (exact) mass is 319 g/mol. The lowest BCUT2D eigenvalue weighted by atomic mass is 9.99. The molecule has 0 unspecified atom stereocenters. The van der Waals surface area contributed by atoms with Crippen LogP contribution in [0.1, 0.15) is 12.7 Å². The van der Waals surface area contributed by atoms with Crippen molar-refractivity contribution in [3.05, 3.63) is 42.5 Å². The number of aryl methyl sites for hydroxylation is 1. The first-order chi connectivity index (χ1) is 10.5. The van der Waals surface area contributed by atoms with Crippen molar-refractivity contribution in [3.8, 4) is 0 Å². The van der Waals surface area contributed by atoms with E-state index in [0.717, 1.165) is 37.6 Å². The van der Waals surface area contributed by atoms with E-state index in [1.54, 1.807) is 12.1 Å². The molecule has 1 aliphatic rings. The molecule has 22 heavy (non-hydrogen) atoms. The summed E-state index contributed by atoms with van der Waals surface area (Å²) in [7, 11) is -3.12. The Morgan fingerprint density at radius 3 is 2.50 bits per heavy atom. The lowest BCUT2D eigenvalue weighted by Crippen LogP contribution is -2.48. The fraction of sp³-hybridized carbons (Fsp3) is 0.438. The molecule has 0 N–H and O–H groups in total. The van der Waals surface area contributed by atoms with Gasteiger partial charge in [0.1, 0.15) is 5.82 Å². The van der Waals surface area contributed by atoms with Gasteiger partial charge in [-0.15, -0.1) is 0 Å². The van der Waals surface area contributed by atoms with Gasteiger partial charge in [-0.05, 0) is 24.3 Å². The van der Waals surface area contributed by atoms with E-state index < -0.39 is 9.84 Å². The molecule has 5 nitrogen and oxygen atoms in total. The van der Waals surface area contributed by atoms with Crippen LogP contribution in [0, 0.1) is 5.92 Å². The van der Waals surface area contributed by atoms with Gasteiger partial charge in [-0.25, -0.2) is 13.4 Å². The molecule has 0 spiro atoms. The maximum atomic E-state index is 11.5. The highest BCUT2D eigenvalue weighted by Gasteiger charge is 2.27. The number of aromatic nitrogens is 2. The molecule has 2 aromatic rings. The second-order valence-electron chi connectivity index (χ2n) is 5.89. The zero-order valence-corrected chi connectivity index (χ0v) is 13.8. The number of benzene rings is 1. The van der Waals surface area contributed by atoms with Crippen LogP contribution in [-0.4, -0.2) is 37.3 Å². The standard InChI is InChI=1S/C16H21N3O2S/c1-3-16-17-8-9-18(16)10-13-11-19(12-13)14-4-6-15(7-5-14)22(2,20)21/h4-9,13H,3,10-12H2,1-2H3. The molecule has 1 fully saturated rings. The molecule has 2 heterocycles. The maximum Gasteiger partial charge on any atom is 0.175 e. The topological polar surface area (TPSA) is 55.2 Å². The van der Waals surface area contributed by atoms with Crippen molar-refractivity contribution in [2.24, 2.45) is 5.92 Å². The molecule has 0 aliphatic carbocycles. The fourth-order valence-electron chi connectivity index (χ4n) is 2.90. The van der Waals surface area contributed by atoms with Crippen LogP contribution in [0.4, 0.5) is 5.69 Å². The minimum atomic E-state index is -3.12.